The number of nitrogens with zero attached hydrogens (tertiary/aromatic N) is 1. The average Bonchev–Trinajstić information content (AvgIpc) is 2.16. The molecule has 5 nitrogen and oxygen atoms in total. The fourth-order valence-corrected chi connectivity index (χ4v) is 2.23. The summed E-state index contributed by atoms with van der Waals surface area (Å²) < 4.78 is 0. The molecule has 0 aromatic carbocycles. The largest absolute Gasteiger partial charge is 0.481 e. The fourth-order valence-electron chi connectivity index (χ4n) is 2.23. The van der Waals surface area contributed by atoms with Gasteiger partial charge in [-0.25, -0.2) is 0 Å². The third kappa shape index (κ3) is 4.15. The molecule has 0 aromatic heterocycles. The molecule has 0 amide bonds. The molecular weight excluding hydrogens is 196 g/mol. The number of aliphatic carboxylic acids is 1. The van der Waals surface area contributed by atoms with Crippen molar-refractivity contribution in [3.8, 4) is 0 Å². The van der Waals surface area contributed by atoms with Crippen LogP contribution in [0.2, 0.25) is 0 Å². The predicted molar refractivity (Wildman–Crippen MR) is 56.7 cm³/mol. The Morgan fingerprint density at radius 3 is 2.80 bits per heavy atom. The Hall–Kier alpha value is -0.650. The maximum Gasteiger partial charge on any atom is 0.303 e. The monoisotopic (exact) mass is 216 g/mol. The minimum Gasteiger partial charge on any atom is -0.481 e. The van der Waals surface area contributed by atoms with Crippen LogP contribution in [0.4, 0.5) is 0 Å². The summed E-state index contributed by atoms with van der Waals surface area (Å²) in [7, 11) is 1.89. The molecule has 0 saturated carbocycles. The van der Waals surface area contributed by atoms with E-state index in [0.29, 0.717) is 12.6 Å². The van der Waals surface area contributed by atoms with Crippen molar-refractivity contribution in [3.63, 3.8) is 0 Å². The Morgan fingerprint density at radius 1 is 1.53 bits per heavy atom. The molecule has 1 aliphatic rings. The molecule has 2 unspecified atom stereocenters. The number of nitrogens with one attached hydrogen (secondary N) is 1. The summed E-state index contributed by atoms with van der Waals surface area (Å²) >= 11 is 0. The summed E-state index contributed by atoms with van der Waals surface area (Å²) in [6.07, 6.45) is 1.13. The van der Waals surface area contributed by atoms with Crippen LogP contribution >= 0.6 is 0 Å². The number of aliphatic hydroxyl groups excluding tert-OH is 1. The number of β-amino-alcohol motifs (C(OH)–C–C–N with tert-alkyl or cyclic N) is 1. The zero-order valence-corrected chi connectivity index (χ0v) is 9.15. The smallest absolute Gasteiger partial charge is 0.303 e. The van der Waals surface area contributed by atoms with Crippen molar-refractivity contribution in [2.24, 2.45) is 5.92 Å². The summed E-state index contributed by atoms with van der Waals surface area (Å²) in [6, 6.07) is 0.342. The molecule has 0 spiro atoms. The van der Waals surface area contributed by atoms with Crippen molar-refractivity contribution < 1.29 is 15.0 Å². The Kier molecular flexibility index (Phi) is 5.01. The van der Waals surface area contributed by atoms with E-state index in [1.165, 1.54) is 0 Å². The first-order valence-electron chi connectivity index (χ1n) is 5.38. The van der Waals surface area contributed by atoms with Gasteiger partial charge in [-0.3, -0.25) is 9.69 Å². The van der Waals surface area contributed by atoms with E-state index in [4.69, 9.17) is 10.2 Å². The predicted octanol–water partition coefficient (Wildman–Crippen LogP) is -0.637. The van der Waals surface area contributed by atoms with Gasteiger partial charge in [-0.1, -0.05) is 0 Å². The molecule has 1 heterocycles. The van der Waals surface area contributed by atoms with E-state index in [2.05, 4.69) is 10.2 Å². The lowest BCUT2D eigenvalue weighted by Crippen LogP contribution is -2.49. The van der Waals surface area contributed by atoms with Crippen molar-refractivity contribution >= 4 is 5.97 Å². The van der Waals surface area contributed by atoms with Crippen LogP contribution in [0.25, 0.3) is 0 Å². The van der Waals surface area contributed by atoms with Crippen molar-refractivity contribution in [1.82, 2.24) is 10.2 Å². The molecule has 15 heavy (non-hydrogen) atoms. The molecule has 0 bridgehead atoms. The summed E-state index contributed by atoms with van der Waals surface area (Å²) in [5.74, 6) is -0.541. The van der Waals surface area contributed by atoms with Gasteiger partial charge in [-0.2, -0.15) is 0 Å². The number of carboxylic acid groups (broad SMARTS) is 1. The van der Waals surface area contributed by atoms with Gasteiger partial charge in [0.15, 0.2) is 0 Å². The van der Waals surface area contributed by atoms with E-state index in [-0.39, 0.29) is 18.9 Å². The van der Waals surface area contributed by atoms with E-state index in [1.807, 2.05) is 7.05 Å². The number of rotatable bonds is 5. The van der Waals surface area contributed by atoms with Crippen LogP contribution in [-0.2, 0) is 4.79 Å². The van der Waals surface area contributed by atoms with Gasteiger partial charge in [-0.15, -0.1) is 0 Å². The highest BCUT2D eigenvalue weighted by molar-refractivity contribution is 5.67. The van der Waals surface area contributed by atoms with Gasteiger partial charge in [-0.05, 0) is 19.4 Å². The number of aliphatic hydroxyl groups is 1. The van der Waals surface area contributed by atoms with E-state index < -0.39 is 5.97 Å². The van der Waals surface area contributed by atoms with E-state index in [1.54, 1.807) is 0 Å². The van der Waals surface area contributed by atoms with Crippen molar-refractivity contribution in [2.75, 3.05) is 33.3 Å². The van der Waals surface area contributed by atoms with Crippen molar-refractivity contribution in [3.05, 3.63) is 0 Å². The molecular formula is C10H20N2O3. The average molecular weight is 216 g/mol. The second-order valence-electron chi connectivity index (χ2n) is 4.17. The number of carboxylic acids is 1. The molecule has 5 heteroatoms. The highest BCUT2D eigenvalue weighted by Gasteiger charge is 2.27. The van der Waals surface area contributed by atoms with Gasteiger partial charge in [0, 0.05) is 32.1 Å². The second-order valence-corrected chi connectivity index (χ2v) is 4.17. The van der Waals surface area contributed by atoms with E-state index >= 15 is 0 Å². The number of hydrogen-bond donors (Lipinski definition) is 3. The van der Waals surface area contributed by atoms with Crippen LogP contribution in [0.5, 0.6) is 0 Å². The van der Waals surface area contributed by atoms with Gasteiger partial charge < -0.3 is 15.5 Å². The number of piperidine rings is 1. The van der Waals surface area contributed by atoms with Crippen LogP contribution in [0.1, 0.15) is 12.8 Å². The summed E-state index contributed by atoms with van der Waals surface area (Å²) in [6.45, 7) is 2.45. The van der Waals surface area contributed by atoms with E-state index in [0.717, 1.165) is 19.5 Å². The Balaban J connectivity index is 2.46. The molecule has 1 fully saturated rings. The normalized spacial score (nSPS) is 27.9. The van der Waals surface area contributed by atoms with Crippen LogP contribution in [0.15, 0.2) is 0 Å². The molecule has 0 aliphatic carbocycles. The molecule has 88 valence electrons. The number of hydrogen-bond acceptors (Lipinski definition) is 4. The zero-order valence-electron chi connectivity index (χ0n) is 9.15. The van der Waals surface area contributed by atoms with Crippen LogP contribution < -0.4 is 5.32 Å². The standard InChI is InChI=1S/C10H20N2O3/c1-11-9-4-8(5-10(14)15)6-12(7-9)2-3-13/h8-9,11,13H,2-7H2,1H3,(H,14,15). The zero-order chi connectivity index (χ0) is 11.3. The maximum atomic E-state index is 10.6. The Bertz CT molecular complexity index is 211. The fraction of sp³-hybridized carbons (Fsp3) is 0.900. The van der Waals surface area contributed by atoms with E-state index in [9.17, 15) is 4.79 Å². The van der Waals surface area contributed by atoms with Gasteiger partial charge in [0.05, 0.1) is 6.61 Å². The molecule has 0 aromatic rings. The summed E-state index contributed by atoms with van der Waals surface area (Å²) in [4.78, 5) is 12.8. The van der Waals surface area contributed by atoms with Gasteiger partial charge >= 0.3 is 5.97 Å². The lowest BCUT2D eigenvalue weighted by Gasteiger charge is -2.36. The minimum absolute atomic E-state index is 0.135. The molecule has 2 atom stereocenters. The third-order valence-electron chi connectivity index (χ3n) is 2.90. The molecule has 1 aliphatic heterocycles. The van der Waals surface area contributed by atoms with Gasteiger partial charge in [0.1, 0.15) is 0 Å². The highest BCUT2D eigenvalue weighted by Crippen LogP contribution is 2.19. The van der Waals surface area contributed by atoms with Crippen LogP contribution in [0.3, 0.4) is 0 Å². The number of likely N-dealkylation sites (N-methyl/N-ethyl adjacent to an activating group) is 1. The first-order chi connectivity index (χ1) is 7.15. The third-order valence-corrected chi connectivity index (χ3v) is 2.90. The van der Waals surface area contributed by atoms with Crippen LogP contribution in [0, 0.1) is 5.92 Å². The quantitative estimate of drug-likeness (QED) is 0.570. The topological polar surface area (TPSA) is 72.8 Å². The minimum atomic E-state index is -0.735. The van der Waals surface area contributed by atoms with Crippen molar-refractivity contribution in [1.29, 1.82) is 0 Å². The summed E-state index contributed by atoms with van der Waals surface area (Å²) in [5, 5.41) is 20.8. The molecule has 1 saturated heterocycles. The molecule has 1 rings (SSSR count). The Labute approximate surface area is 90.1 Å². The molecule has 3 N–H and O–H groups in total. The number of likely N-dealkylation sites (tertiary alicyclic amines) is 1. The lowest BCUT2D eigenvalue weighted by molar-refractivity contribution is -0.138. The van der Waals surface area contributed by atoms with Crippen molar-refractivity contribution in [2.45, 2.75) is 18.9 Å². The van der Waals surface area contributed by atoms with Gasteiger partial charge in [0.25, 0.3) is 0 Å². The van der Waals surface area contributed by atoms with Gasteiger partial charge in [0.2, 0.25) is 0 Å². The number of carbonyl (C=O) groups is 1. The first kappa shape index (κ1) is 12.4. The first-order valence-corrected chi connectivity index (χ1v) is 5.38. The maximum absolute atomic E-state index is 10.6. The molecule has 0 radical (unpaired) electrons. The SMILES string of the molecule is CNC1CC(CC(=O)O)CN(CCO)C1. The second kappa shape index (κ2) is 6.05. The van der Waals surface area contributed by atoms with Crippen LogP contribution in [-0.4, -0.2) is 60.4 Å². The highest BCUT2D eigenvalue weighted by atomic mass is 16.4. The Morgan fingerprint density at radius 2 is 2.27 bits per heavy atom. The summed E-state index contributed by atoms with van der Waals surface area (Å²) in [5.41, 5.74) is 0. The lowest BCUT2D eigenvalue weighted by atomic mass is 9.91.